The van der Waals surface area contributed by atoms with E-state index in [9.17, 15) is 9.59 Å². The van der Waals surface area contributed by atoms with E-state index in [4.69, 9.17) is 27.9 Å². The molecule has 0 saturated heterocycles. The van der Waals surface area contributed by atoms with Gasteiger partial charge in [-0.2, -0.15) is 0 Å². The predicted octanol–water partition coefficient (Wildman–Crippen LogP) is 3.87. The van der Waals surface area contributed by atoms with Crippen LogP contribution in [-0.4, -0.2) is 24.1 Å². The molecule has 1 aliphatic rings. The van der Waals surface area contributed by atoms with Gasteiger partial charge in [0.25, 0.3) is 0 Å². The molecule has 0 aromatic heterocycles. The van der Waals surface area contributed by atoms with Crippen molar-refractivity contribution in [2.45, 2.75) is 13.3 Å². The molecule has 0 N–H and O–H groups in total. The summed E-state index contributed by atoms with van der Waals surface area (Å²) in [5.41, 5.74) is 1.67. The number of hydrogen-bond acceptors (Lipinski definition) is 4. The predicted molar refractivity (Wildman–Crippen MR) is 87.2 cm³/mol. The van der Waals surface area contributed by atoms with Gasteiger partial charge in [-0.25, -0.2) is 4.99 Å². The topological polar surface area (TPSA) is 55.7 Å². The van der Waals surface area contributed by atoms with Gasteiger partial charge in [0, 0.05) is 15.6 Å². The Morgan fingerprint density at radius 3 is 2.27 bits per heavy atom. The SMILES string of the molecule is CCOC(=O)Cc1c(Cl)cc(N=C2C=CC(=O)C=C2)cc1Cl. The summed E-state index contributed by atoms with van der Waals surface area (Å²) in [6.45, 7) is 2.04. The molecule has 1 aromatic carbocycles. The van der Waals surface area contributed by atoms with Crippen molar-refractivity contribution in [1.29, 1.82) is 0 Å². The van der Waals surface area contributed by atoms with E-state index in [2.05, 4.69) is 4.99 Å². The van der Waals surface area contributed by atoms with Crippen molar-refractivity contribution >= 4 is 46.4 Å². The zero-order chi connectivity index (χ0) is 16.1. The quantitative estimate of drug-likeness (QED) is 0.619. The van der Waals surface area contributed by atoms with Gasteiger partial charge in [0.2, 0.25) is 0 Å². The van der Waals surface area contributed by atoms with Crippen molar-refractivity contribution in [2.75, 3.05) is 6.61 Å². The largest absolute Gasteiger partial charge is 0.466 e. The van der Waals surface area contributed by atoms with E-state index in [0.29, 0.717) is 33.6 Å². The van der Waals surface area contributed by atoms with Crippen LogP contribution in [-0.2, 0) is 20.7 Å². The van der Waals surface area contributed by atoms with Crippen LogP contribution in [0.5, 0.6) is 0 Å². The molecule has 6 heteroatoms. The number of hydrogen-bond donors (Lipinski definition) is 0. The molecule has 1 aromatic rings. The Bertz CT molecular complexity index is 664. The van der Waals surface area contributed by atoms with Gasteiger partial charge in [-0.05, 0) is 43.4 Å². The van der Waals surface area contributed by atoms with E-state index in [1.54, 1.807) is 31.2 Å². The fraction of sp³-hybridized carbons (Fsp3) is 0.188. The number of halogens is 2. The third kappa shape index (κ3) is 4.29. The van der Waals surface area contributed by atoms with Crippen molar-refractivity contribution in [2.24, 2.45) is 4.99 Å². The van der Waals surface area contributed by atoms with Crippen LogP contribution in [0.25, 0.3) is 0 Å². The average molecular weight is 338 g/mol. The van der Waals surface area contributed by atoms with Crippen LogP contribution in [0.3, 0.4) is 0 Å². The number of carbonyl (C=O) groups excluding carboxylic acids is 2. The molecule has 0 amide bonds. The number of benzene rings is 1. The Morgan fingerprint density at radius 2 is 1.73 bits per heavy atom. The molecular weight excluding hydrogens is 325 g/mol. The van der Waals surface area contributed by atoms with Gasteiger partial charge < -0.3 is 4.74 Å². The first-order valence-corrected chi connectivity index (χ1v) is 7.37. The Morgan fingerprint density at radius 1 is 1.14 bits per heavy atom. The molecule has 0 unspecified atom stereocenters. The van der Waals surface area contributed by atoms with Crippen molar-refractivity contribution in [3.63, 3.8) is 0 Å². The van der Waals surface area contributed by atoms with Crippen molar-refractivity contribution < 1.29 is 14.3 Å². The fourth-order valence-corrected chi connectivity index (χ4v) is 2.46. The van der Waals surface area contributed by atoms with E-state index in [1.807, 2.05) is 0 Å². The maximum Gasteiger partial charge on any atom is 0.310 e. The van der Waals surface area contributed by atoms with Crippen LogP contribution in [0.15, 0.2) is 41.4 Å². The second-order valence-electron chi connectivity index (χ2n) is 4.48. The molecule has 0 radical (unpaired) electrons. The van der Waals surface area contributed by atoms with Gasteiger partial charge in [0.1, 0.15) is 0 Å². The van der Waals surface area contributed by atoms with Crippen LogP contribution in [0, 0.1) is 0 Å². The van der Waals surface area contributed by atoms with Crippen molar-refractivity contribution in [3.8, 4) is 0 Å². The molecule has 114 valence electrons. The lowest BCUT2D eigenvalue weighted by Crippen LogP contribution is -2.08. The summed E-state index contributed by atoms with van der Waals surface area (Å²) < 4.78 is 4.88. The van der Waals surface area contributed by atoms with Gasteiger partial charge in [0.05, 0.1) is 24.4 Å². The van der Waals surface area contributed by atoms with Gasteiger partial charge in [-0.3, -0.25) is 9.59 Å². The minimum atomic E-state index is -0.387. The number of ketones is 1. The first-order chi connectivity index (χ1) is 10.5. The molecular formula is C16H13Cl2NO3. The number of rotatable bonds is 4. The third-order valence-electron chi connectivity index (χ3n) is 2.85. The fourth-order valence-electron chi connectivity index (χ4n) is 1.85. The summed E-state index contributed by atoms with van der Waals surface area (Å²) in [5.74, 6) is -0.471. The van der Waals surface area contributed by atoms with Gasteiger partial charge in [0.15, 0.2) is 5.78 Å². The number of allylic oxidation sites excluding steroid dienone is 4. The molecule has 0 fully saturated rings. The van der Waals surface area contributed by atoms with Crippen LogP contribution in [0.2, 0.25) is 10.0 Å². The van der Waals surface area contributed by atoms with Crippen molar-refractivity contribution in [1.82, 2.24) is 0 Å². The van der Waals surface area contributed by atoms with E-state index in [-0.39, 0.29) is 18.2 Å². The Labute approximate surface area is 138 Å². The molecule has 0 heterocycles. The molecule has 0 saturated carbocycles. The van der Waals surface area contributed by atoms with Crippen LogP contribution in [0.4, 0.5) is 5.69 Å². The zero-order valence-electron chi connectivity index (χ0n) is 11.8. The Kier molecular flexibility index (Phi) is 5.52. The van der Waals surface area contributed by atoms with Crippen LogP contribution >= 0.6 is 23.2 Å². The normalized spacial score (nSPS) is 13.4. The minimum absolute atomic E-state index is 0.0106. The first kappa shape index (κ1) is 16.5. The number of esters is 1. The summed E-state index contributed by atoms with van der Waals surface area (Å²) >= 11 is 12.3. The Balaban J connectivity index is 2.25. The van der Waals surface area contributed by atoms with E-state index >= 15 is 0 Å². The minimum Gasteiger partial charge on any atom is -0.466 e. The van der Waals surface area contributed by atoms with E-state index in [1.165, 1.54) is 12.2 Å². The molecule has 4 nitrogen and oxygen atoms in total. The molecule has 0 bridgehead atoms. The van der Waals surface area contributed by atoms with Crippen LogP contribution in [0.1, 0.15) is 12.5 Å². The Hall–Kier alpha value is -1.91. The number of aliphatic imine (C=N–C) groups is 1. The summed E-state index contributed by atoms with van der Waals surface area (Å²) in [4.78, 5) is 26.9. The number of nitrogens with zero attached hydrogens (tertiary/aromatic N) is 1. The molecule has 22 heavy (non-hydrogen) atoms. The number of carbonyl (C=O) groups is 2. The molecule has 0 spiro atoms. The van der Waals surface area contributed by atoms with Gasteiger partial charge >= 0.3 is 5.97 Å². The lowest BCUT2D eigenvalue weighted by Gasteiger charge is -2.08. The summed E-state index contributed by atoms with van der Waals surface area (Å²) in [5, 5.41) is 0.694. The highest BCUT2D eigenvalue weighted by atomic mass is 35.5. The first-order valence-electron chi connectivity index (χ1n) is 6.62. The summed E-state index contributed by atoms with van der Waals surface area (Å²) in [6, 6.07) is 3.24. The summed E-state index contributed by atoms with van der Waals surface area (Å²) in [6.07, 6.45) is 6.08. The average Bonchev–Trinajstić information content (AvgIpc) is 2.46. The molecule has 2 rings (SSSR count). The smallest absolute Gasteiger partial charge is 0.310 e. The lowest BCUT2D eigenvalue weighted by molar-refractivity contribution is -0.142. The lowest BCUT2D eigenvalue weighted by atomic mass is 10.1. The highest BCUT2D eigenvalue weighted by Crippen LogP contribution is 2.31. The zero-order valence-corrected chi connectivity index (χ0v) is 13.3. The van der Waals surface area contributed by atoms with Crippen LogP contribution < -0.4 is 0 Å². The van der Waals surface area contributed by atoms with E-state index < -0.39 is 0 Å². The van der Waals surface area contributed by atoms with Gasteiger partial charge in [-0.15, -0.1) is 0 Å². The standard InChI is InChI=1S/C16H13Cl2NO3/c1-2-22-16(21)9-13-14(17)7-11(8-15(13)18)19-10-3-5-12(20)6-4-10/h3-8H,2,9H2,1H3. The third-order valence-corrected chi connectivity index (χ3v) is 3.52. The van der Waals surface area contributed by atoms with Gasteiger partial charge in [-0.1, -0.05) is 23.2 Å². The molecule has 0 atom stereocenters. The highest BCUT2D eigenvalue weighted by molar-refractivity contribution is 6.36. The second kappa shape index (κ2) is 7.38. The second-order valence-corrected chi connectivity index (χ2v) is 5.29. The molecule has 0 aliphatic heterocycles. The molecule has 1 aliphatic carbocycles. The highest BCUT2D eigenvalue weighted by Gasteiger charge is 2.13. The van der Waals surface area contributed by atoms with Crippen molar-refractivity contribution in [3.05, 3.63) is 52.0 Å². The summed E-state index contributed by atoms with van der Waals surface area (Å²) in [7, 11) is 0. The van der Waals surface area contributed by atoms with E-state index in [0.717, 1.165) is 0 Å². The maximum absolute atomic E-state index is 11.5. The number of ether oxygens (including phenoxy) is 1. The monoisotopic (exact) mass is 337 g/mol. The maximum atomic E-state index is 11.5.